The van der Waals surface area contributed by atoms with E-state index in [9.17, 15) is 18.0 Å². The predicted molar refractivity (Wildman–Crippen MR) is 119 cm³/mol. The molecule has 2 aromatic carbocycles. The Bertz CT molecular complexity index is 1070. The highest BCUT2D eigenvalue weighted by atomic mass is 32.2. The Hall–Kier alpha value is -2.71. The molecule has 0 spiro atoms. The molecule has 0 saturated carbocycles. The first-order valence-corrected chi connectivity index (χ1v) is 12.0. The zero-order valence-electron chi connectivity index (χ0n) is 17.7. The van der Waals surface area contributed by atoms with Crippen molar-refractivity contribution < 1.29 is 18.0 Å². The second-order valence-corrected chi connectivity index (χ2v) is 9.96. The fourth-order valence-electron chi connectivity index (χ4n) is 4.23. The van der Waals surface area contributed by atoms with Crippen LogP contribution >= 0.6 is 0 Å². The zero-order chi connectivity index (χ0) is 22.0. The van der Waals surface area contributed by atoms with Crippen molar-refractivity contribution in [1.82, 2.24) is 9.21 Å². The summed E-state index contributed by atoms with van der Waals surface area (Å²) in [6.07, 6.45) is 2.06. The molecule has 2 aromatic rings. The number of piperazine rings is 1. The molecule has 0 N–H and O–H groups in total. The normalized spacial score (nSPS) is 17.3. The van der Waals surface area contributed by atoms with Crippen molar-refractivity contribution in [2.75, 3.05) is 44.2 Å². The molecule has 164 valence electrons. The van der Waals surface area contributed by atoms with Crippen LogP contribution in [-0.4, -0.2) is 68.6 Å². The van der Waals surface area contributed by atoms with Gasteiger partial charge in [-0.15, -0.1) is 0 Å². The summed E-state index contributed by atoms with van der Waals surface area (Å²) in [5, 5.41) is 0. The second-order valence-electron chi connectivity index (χ2n) is 8.02. The Kier molecular flexibility index (Phi) is 6.11. The first-order chi connectivity index (χ1) is 14.9. The third-order valence-corrected chi connectivity index (χ3v) is 7.94. The van der Waals surface area contributed by atoms with Gasteiger partial charge >= 0.3 is 0 Å². The summed E-state index contributed by atoms with van der Waals surface area (Å²) in [6, 6.07) is 14.2. The van der Waals surface area contributed by atoms with Gasteiger partial charge in [0.05, 0.1) is 11.4 Å². The van der Waals surface area contributed by atoms with Gasteiger partial charge in [-0.05, 0) is 43.5 Å². The molecule has 0 atom stereocenters. The van der Waals surface area contributed by atoms with Crippen molar-refractivity contribution in [1.29, 1.82) is 0 Å². The molecule has 4 rings (SSSR count). The molecule has 31 heavy (non-hydrogen) atoms. The summed E-state index contributed by atoms with van der Waals surface area (Å²) < 4.78 is 27.3. The van der Waals surface area contributed by atoms with Crippen molar-refractivity contribution in [2.24, 2.45) is 0 Å². The highest BCUT2D eigenvalue weighted by molar-refractivity contribution is 7.89. The lowest BCUT2D eigenvalue weighted by Gasteiger charge is -2.36. The van der Waals surface area contributed by atoms with Crippen LogP contribution in [0, 0.1) is 0 Å². The molecule has 0 aliphatic carbocycles. The number of rotatable bonds is 5. The van der Waals surface area contributed by atoms with Gasteiger partial charge in [-0.2, -0.15) is 4.31 Å². The third-order valence-electron chi connectivity index (χ3n) is 6.02. The maximum Gasteiger partial charge on any atom is 0.243 e. The number of nitrogens with zero attached hydrogens (tertiary/aromatic N) is 3. The number of hydrogen-bond acceptors (Lipinski definition) is 5. The topological polar surface area (TPSA) is 78.0 Å². The lowest BCUT2D eigenvalue weighted by Crippen LogP contribution is -2.52. The Morgan fingerprint density at radius 2 is 1.58 bits per heavy atom. The average molecular weight is 442 g/mol. The fourth-order valence-corrected chi connectivity index (χ4v) is 5.65. The van der Waals surface area contributed by atoms with Gasteiger partial charge in [0.2, 0.25) is 15.9 Å². The minimum absolute atomic E-state index is 0.0274. The number of Topliss-reactive ketones (excluding diaryl/α,β-unsaturated/α-hetero) is 1. The number of benzene rings is 2. The molecule has 8 heteroatoms. The van der Waals surface area contributed by atoms with Crippen molar-refractivity contribution in [2.45, 2.75) is 24.7 Å². The van der Waals surface area contributed by atoms with Crippen molar-refractivity contribution >= 4 is 27.4 Å². The monoisotopic (exact) mass is 441 g/mol. The van der Waals surface area contributed by atoms with E-state index in [0.717, 1.165) is 25.1 Å². The summed E-state index contributed by atoms with van der Waals surface area (Å²) in [4.78, 5) is 28.4. The molecule has 1 fully saturated rings. The number of hydrogen-bond donors (Lipinski definition) is 0. The number of carbonyl (C=O) groups is 2. The summed E-state index contributed by atoms with van der Waals surface area (Å²) in [5.74, 6) is -0.0769. The summed E-state index contributed by atoms with van der Waals surface area (Å²) in [7, 11) is -3.65. The molecular weight excluding hydrogens is 414 g/mol. The fraction of sp³-hybridized carbons (Fsp3) is 0.391. The molecule has 0 radical (unpaired) electrons. The predicted octanol–water partition coefficient (Wildman–Crippen LogP) is 2.17. The van der Waals surface area contributed by atoms with Crippen molar-refractivity contribution in [3.8, 4) is 0 Å². The molecule has 2 heterocycles. The van der Waals surface area contributed by atoms with E-state index in [2.05, 4.69) is 17.0 Å². The largest absolute Gasteiger partial charge is 0.362 e. The first kappa shape index (κ1) is 21.5. The van der Waals surface area contributed by atoms with Gasteiger partial charge < -0.3 is 9.80 Å². The summed E-state index contributed by atoms with van der Waals surface area (Å²) in [6.45, 7) is 3.89. The lowest BCUT2D eigenvalue weighted by molar-refractivity contribution is -0.130. The highest BCUT2D eigenvalue weighted by Crippen LogP contribution is 2.26. The quantitative estimate of drug-likeness (QED) is 0.665. The van der Waals surface area contributed by atoms with Gasteiger partial charge in [0.25, 0.3) is 0 Å². The van der Waals surface area contributed by atoms with Gasteiger partial charge in [-0.3, -0.25) is 9.59 Å². The lowest BCUT2D eigenvalue weighted by atomic mass is 10.0. The number of anilines is 1. The van der Waals surface area contributed by atoms with Crippen LogP contribution in [0.2, 0.25) is 0 Å². The molecule has 1 saturated heterocycles. The molecule has 0 aromatic heterocycles. The molecule has 0 unspecified atom stereocenters. The zero-order valence-corrected chi connectivity index (χ0v) is 18.5. The number of fused-ring (bicyclic) bond motifs is 1. The Morgan fingerprint density at radius 3 is 2.26 bits per heavy atom. The standard InChI is InChI=1S/C23H27N3O4S/c1-18(27)19-8-10-21(11-9-19)31(29,30)26-15-13-24(14-16-26)23(28)17-25-12-4-6-20-5-2-3-7-22(20)25/h2-3,5,7-11H,4,6,12-17H2,1H3. The van der Waals surface area contributed by atoms with Crippen LogP contribution in [-0.2, 0) is 21.2 Å². The van der Waals surface area contributed by atoms with E-state index >= 15 is 0 Å². The molecule has 2 aliphatic heterocycles. The molecule has 0 bridgehead atoms. The van der Waals surface area contributed by atoms with E-state index < -0.39 is 10.0 Å². The summed E-state index contributed by atoms with van der Waals surface area (Å²) in [5.41, 5.74) is 2.87. The Balaban J connectivity index is 1.37. The van der Waals surface area contributed by atoms with Crippen LogP contribution in [0.25, 0.3) is 0 Å². The first-order valence-electron chi connectivity index (χ1n) is 10.6. The van der Waals surface area contributed by atoms with Crippen LogP contribution < -0.4 is 4.90 Å². The number of sulfonamides is 1. The Morgan fingerprint density at radius 1 is 0.903 bits per heavy atom. The molecule has 1 amide bonds. The van der Waals surface area contributed by atoms with E-state index in [-0.39, 0.29) is 29.7 Å². The van der Waals surface area contributed by atoms with Gasteiger partial charge in [-0.1, -0.05) is 30.3 Å². The third kappa shape index (κ3) is 4.50. The van der Waals surface area contributed by atoms with Crippen LogP contribution in [0.4, 0.5) is 5.69 Å². The van der Waals surface area contributed by atoms with Crippen LogP contribution in [0.15, 0.2) is 53.4 Å². The number of aryl methyl sites for hydroxylation is 1. The van der Waals surface area contributed by atoms with Crippen LogP contribution in [0.5, 0.6) is 0 Å². The number of para-hydroxylation sites is 1. The van der Waals surface area contributed by atoms with Crippen molar-refractivity contribution in [3.63, 3.8) is 0 Å². The average Bonchev–Trinajstić information content (AvgIpc) is 2.79. The van der Waals surface area contributed by atoms with E-state index in [1.165, 1.54) is 41.1 Å². The van der Waals surface area contributed by atoms with E-state index in [1.54, 1.807) is 4.90 Å². The SMILES string of the molecule is CC(=O)c1ccc(S(=O)(=O)N2CCN(C(=O)CN3CCCc4ccccc43)CC2)cc1. The van der Waals surface area contributed by atoms with Crippen LogP contribution in [0.3, 0.4) is 0 Å². The Labute approximate surface area is 183 Å². The molecule has 7 nitrogen and oxygen atoms in total. The second kappa shape index (κ2) is 8.80. The molecule has 2 aliphatic rings. The number of carbonyl (C=O) groups excluding carboxylic acids is 2. The van der Waals surface area contributed by atoms with Gasteiger partial charge in [-0.25, -0.2) is 8.42 Å². The highest BCUT2D eigenvalue weighted by Gasteiger charge is 2.31. The van der Waals surface area contributed by atoms with Gasteiger partial charge in [0, 0.05) is 44.0 Å². The van der Waals surface area contributed by atoms with Gasteiger partial charge in [0.15, 0.2) is 5.78 Å². The van der Waals surface area contributed by atoms with Crippen molar-refractivity contribution in [3.05, 3.63) is 59.7 Å². The van der Waals surface area contributed by atoms with E-state index in [1.807, 2.05) is 12.1 Å². The number of ketones is 1. The maximum absolute atomic E-state index is 12.9. The maximum atomic E-state index is 12.9. The van der Waals surface area contributed by atoms with E-state index in [4.69, 9.17) is 0 Å². The smallest absolute Gasteiger partial charge is 0.243 e. The minimum atomic E-state index is -3.65. The molecular formula is C23H27N3O4S. The summed E-state index contributed by atoms with van der Waals surface area (Å²) >= 11 is 0. The van der Waals surface area contributed by atoms with E-state index in [0.29, 0.717) is 25.2 Å². The van der Waals surface area contributed by atoms with Crippen LogP contribution in [0.1, 0.15) is 29.3 Å². The number of amides is 1. The van der Waals surface area contributed by atoms with Gasteiger partial charge in [0.1, 0.15) is 0 Å². The minimum Gasteiger partial charge on any atom is -0.362 e.